The third-order valence-electron chi connectivity index (χ3n) is 5.05. The number of carbonyl (C=O) groups is 4. The van der Waals surface area contributed by atoms with Crippen LogP contribution in [0.5, 0.6) is 0 Å². The largest absolute Gasteiger partial charge is 0.354 e. The van der Waals surface area contributed by atoms with Gasteiger partial charge in [0.1, 0.15) is 6.04 Å². The molecule has 3 heterocycles. The molecule has 0 saturated carbocycles. The van der Waals surface area contributed by atoms with Gasteiger partial charge in [0.25, 0.3) is 11.8 Å². The topological polar surface area (TPSA) is 121 Å². The Morgan fingerprint density at radius 2 is 1.83 bits per heavy atom. The van der Waals surface area contributed by atoms with Crippen LogP contribution in [-0.4, -0.2) is 51.1 Å². The number of halogens is 1. The Labute approximate surface area is 170 Å². The highest BCUT2D eigenvalue weighted by Gasteiger charge is 2.44. The molecule has 0 bridgehead atoms. The second-order valence-corrected chi connectivity index (χ2v) is 7.08. The lowest BCUT2D eigenvalue weighted by molar-refractivity contribution is -0.136. The fourth-order valence-electron chi connectivity index (χ4n) is 3.57. The number of amides is 4. The minimum atomic E-state index is -0.974. The molecule has 4 rings (SSSR count). The molecule has 1 saturated heterocycles. The van der Waals surface area contributed by atoms with Gasteiger partial charge in [-0.25, -0.2) is 14.4 Å². The van der Waals surface area contributed by atoms with Crippen molar-refractivity contribution in [1.29, 1.82) is 0 Å². The number of hydrogen-bond donors (Lipinski definition) is 2. The van der Waals surface area contributed by atoms with Crippen LogP contribution in [-0.2, 0) is 16.0 Å². The molecule has 0 aliphatic carbocycles. The molecule has 30 heavy (non-hydrogen) atoms. The van der Waals surface area contributed by atoms with Crippen molar-refractivity contribution in [2.75, 3.05) is 11.9 Å². The maximum absolute atomic E-state index is 12.8. The lowest BCUT2D eigenvalue weighted by Crippen LogP contribution is -2.54. The first-order chi connectivity index (χ1) is 14.4. The van der Waals surface area contributed by atoms with Crippen molar-refractivity contribution in [3.63, 3.8) is 0 Å². The molecular formula is C20H18FN5O4. The van der Waals surface area contributed by atoms with E-state index in [9.17, 15) is 23.6 Å². The van der Waals surface area contributed by atoms with Crippen LogP contribution >= 0.6 is 0 Å². The van der Waals surface area contributed by atoms with Crippen LogP contribution in [0, 0.1) is 5.82 Å². The molecule has 1 aromatic heterocycles. The van der Waals surface area contributed by atoms with E-state index in [-0.39, 0.29) is 24.0 Å². The standard InChI is InChI=1S/C20H18FN5O4/c21-12-9-23-20(24-10-12)22-7-1-2-11-3-4-13-14(8-11)19(30)26(18(13)29)15-5-6-16(27)25-17(15)28/h3-4,8-10,15H,1-2,5-7H2,(H,22,23,24)(H,25,27,28). The fraction of sp³-hybridized carbons (Fsp3) is 0.300. The maximum Gasteiger partial charge on any atom is 0.262 e. The SMILES string of the molecule is O=C1CCC(N2C(=O)c3ccc(CCCNc4ncc(F)cn4)cc3C2=O)C(=O)N1. The van der Waals surface area contributed by atoms with Crippen LogP contribution in [0.1, 0.15) is 45.5 Å². The Bertz CT molecular complexity index is 1040. The number of fused-ring (bicyclic) bond motifs is 1. The van der Waals surface area contributed by atoms with Gasteiger partial charge in [0, 0.05) is 13.0 Å². The van der Waals surface area contributed by atoms with Crippen molar-refractivity contribution in [1.82, 2.24) is 20.2 Å². The molecule has 1 unspecified atom stereocenters. The van der Waals surface area contributed by atoms with Crippen molar-refractivity contribution in [2.45, 2.75) is 31.7 Å². The second-order valence-electron chi connectivity index (χ2n) is 7.08. The zero-order chi connectivity index (χ0) is 21.3. The molecule has 2 N–H and O–H groups in total. The van der Waals surface area contributed by atoms with Gasteiger partial charge in [0.15, 0.2) is 5.82 Å². The lowest BCUT2D eigenvalue weighted by Gasteiger charge is -2.27. The first-order valence-corrected chi connectivity index (χ1v) is 9.50. The number of piperidine rings is 1. The second kappa shape index (κ2) is 7.97. The van der Waals surface area contributed by atoms with Crippen molar-refractivity contribution in [3.8, 4) is 0 Å². The van der Waals surface area contributed by atoms with Gasteiger partial charge in [-0.2, -0.15) is 0 Å². The minimum Gasteiger partial charge on any atom is -0.354 e. The molecule has 0 spiro atoms. The summed E-state index contributed by atoms with van der Waals surface area (Å²) in [6.45, 7) is 0.540. The number of benzene rings is 1. The molecular weight excluding hydrogens is 393 g/mol. The van der Waals surface area contributed by atoms with Crippen molar-refractivity contribution in [2.24, 2.45) is 0 Å². The first kappa shape index (κ1) is 19.6. The highest BCUT2D eigenvalue weighted by Crippen LogP contribution is 2.28. The monoisotopic (exact) mass is 411 g/mol. The predicted molar refractivity (Wildman–Crippen MR) is 102 cm³/mol. The Morgan fingerprint density at radius 1 is 1.10 bits per heavy atom. The summed E-state index contributed by atoms with van der Waals surface area (Å²) in [6.07, 6.45) is 3.68. The van der Waals surface area contributed by atoms with Crippen LogP contribution in [0.4, 0.5) is 10.3 Å². The summed E-state index contributed by atoms with van der Waals surface area (Å²) in [5.41, 5.74) is 1.38. The summed E-state index contributed by atoms with van der Waals surface area (Å²) in [6, 6.07) is 4.05. The average molecular weight is 411 g/mol. The Morgan fingerprint density at radius 3 is 2.57 bits per heavy atom. The van der Waals surface area contributed by atoms with Crippen LogP contribution in [0.25, 0.3) is 0 Å². The smallest absolute Gasteiger partial charge is 0.262 e. The zero-order valence-electron chi connectivity index (χ0n) is 15.9. The lowest BCUT2D eigenvalue weighted by atomic mass is 10.0. The van der Waals surface area contributed by atoms with E-state index in [1.54, 1.807) is 18.2 Å². The third-order valence-corrected chi connectivity index (χ3v) is 5.05. The molecule has 10 heteroatoms. The summed E-state index contributed by atoms with van der Waals surface area (Å²) in [5.74, 6) is -2.27. The van der Waals surface area contributed by atoms with E-state index in [2.05, 4.69) is 20.6 Å². The minimum absolute atomic E-state index is 0.0832. The van der Waals surface area contributed by atoms with Crippen LogP contribution in [0.3, 0.4) is 0 Å². The van der Waals surface area contributed by atoms with Gasteiger partial charge in [-0.3, -0.25) is 29.4 Å². The van der Waals surface area contributed by atoms with Gasteiger partial charge in [-0.1, -0.05) is 6.07 Å². The number of nitrogens with one attached hydrogen (secondary N) is 2. The first-order valence-electron chi connectivity index (χ1n) is 9.50. The van der Waals surface area contributed by atoms with Crippen molar-refractivity contribution >= 4 is 29.6 Å². The van der Waals surface area contributed by atoms with Crippen molar-refractivity contribution in [3.05, 3.63) is 53.1 Å². The quantitative estimate of drug-likeness (QED) is 0.538. The summed E-state index contributed by atoms with van der Waals surface area (Å²) in [5, 5.41) is 5.15. The zero-order valence-corrected chi connectivity index (χ0v) is 15.9. The number of nitrogens with zero attached hydrogens (tertiary/aromatic N) is 3. The number of imide groups is 2. The molecule has 2 aliphatic heterocycles. The molecule has 4 amide bonds. The number of rotatable bonds is 6. The van der Waals surface area contributed by atoms with E-state index < -0.39 is 35.5 Å². The van der Waals surface area contributed by atoms with E-state index >= 15 is 0 Å². The summed E-state index contributed by atoms with van der Waals surface area (Å²) < 4.78 is 12.8. The number of aromatic nitrogens is 2. The molecule has 1 aromatic carbocycles. The molecule has 1 atom stereocenters. The summed E-state index contributed by atoms with van der Waals surface area (Å²) >= 11 is 0. The van der Waals surface area contributed by atoms with E-state index in [4.69, 9.17) is 0 Å². The molecule has 2 aliphatic rings. The molecule has 1 fully saturated rings. The van der Waals surface area contributed by atoms with E-state index in [1.165, 1.54) is 0 Å². The highest BCUT2D eigenvalue weighted by molar-refractivity contribution is 6.23. The predicted octanol–water partition coefficient (Wildman–Crippen LogP) is 1.06. The Hall–Kier alpha value is -3.69. The number of carbonyl (C=O) groups excluding carboxylic acids is 4. The van der Waals surface area contributed by atoms with Crippen molar-refractivity contribution < 1.29 is 23.6 Å². The Kier molecular flexibility index (Phi) is 5.21. The average Bonchev–Trinajstić information content (AvgIpc) is 2.97. The van der Waals surface area contributed by atoms with E-state index in [0.717, 1.165) is 22.9 Å². The maximum atomic E-state index is 12.8. The summed E-state index contributed by atoms with van der Waals surface area (Å²) in [7, 11) is 0. The van der Waals surface area contributed by atoms with Gasteiger partial charge >= 0.3 is 0 Å². The molecule has 154 valence electrons. The van der Waals surface area contributed by atoms with Gasteiger partial charge in [-0.05, 0) is 37.0 Å². The van der Waals surface area contributed by atoms with Gasteiger partial charge in [0.05, 0.1) is 23.5 Å². The normalized spacial score (nSPS) is 18.4. The molecule has 2 aromatic rings. The van der Waals surface area contributed by atoms with E-state index in [1.807, 2.05) is 0 Å². The van der Waals surface area contributed by atoms with Crippen LogP contribution in [0.15, 0.2) is 30.6 Å². The number of anilines is 1. The number of aryl methyl sites for hydroxylation is 1. The van der Waals surface area contributed by atoms with E-state index in [0.29, 0.717) is 25.3 Å². The van der Waals surface area contributed by atoms with Crippen LogP contribution < -0.4 is 10.6 Å². The van der Waals surface area contributed by atoms with Crippen LogP contribution in [0.2, 0.25) is 0 Å². The van der Waals surface area contributed by atoms with Gasteiger partial charge in [0.2, 0.25) is 17.8 Å². The number of hydrogen-bond acceptors (Lipinski definition) is 7. The summed E-state index contributed by atoms with van der Waals surface area (Å²) in [4.78, 5) is 57.5. The highest BCUT2D eigenvalue weighted by atomic mass is 19.1. The molecule has 0 radical (unpaired) electrons. The molecule has 9 nitrogen and oxygen atoms in total. The third kappa shape index (κ3) is 3.76. The van der Waals surface area contributed by atoms with Gasteiger partial charge < -0.3 is 5.32 Å². The van der Waals surface area contributed by atoms with Gasteiger partial charge in [-0.15, -0.1) is 0 Å². The Balaban J connectivity index is 1.40. The fourth-order valence-corrected chi connectivity index (χ4v) is 3.57.